The molecule has 0 unspecified atom stereocenters. The Kier molecular flexibility index (Phi) is 3.41. The zero-order valence-electron chi connectivity index (χ0n) is 8.10. The Hall–Kier alpha value is -1.16. The van der Waals surface area contributed by atoms with E-state index < -0.39 is 9.84 Å². The Labute approximate surface area is 84.4 Å². The van der Waals surface area contributed by atoms with Crippen LogP contribution in [-0.4, -0.2) is 20.9 Å². The molecular formula is C10H13NO2S. The number of aliphatic imine (C=N–C) groups is 1. The number of benzene rings is 1. The molecule has 0 amide bonds. The second-order valence-corrected chi connectivity index (χ2v) is 5.08. The maximum atomic E-state index is 11.6. The van der Waals surface area contributed by atoms with Gasteiger partial charge in [0.15, 0.2) is 9.84 Å². The molecule has 0 spiro atoms. The van der Waals surface area contributed by atoms with Crippen LogP contribution in [0.25, 0.3) is 0 Å². The molecular weight excluding hydrogens is 198 g/mol. The highest BCUT2D eigenvalue weighted by atomic mass is 32.2. The molecule has 0 aliphatic heterocycles. The molecule has 0 aliphatic carbocycles. The summed E-state index contributed by atoms with van der Waals surface area (Å²) in [5, 5.41) is 0. The number of hydrogen-bond donors (Lipinski definition) is 0. The van der Waals surface area contributed by atoms with Crippen LogP contribution in [0, 0.1) is 0 Å². The van der Waals surface area contributed by atoms with Crippen molar-refractivity contribution in [1.29, 1.82) is 0 Å². The molecule has 0 N–H and O–H groups in total. The van der Waals surface area contributed by atoms with E-state index in [1.807, 2.05) is 6.92 Å². The third-order valence-corrected chi connectivity index (χ3v) is 3.79. The van der Waals surface area contributed by atoms with E-state index >= 15 is 0 Å². The average Bonchev–Trinajstić information content (AvgIpc) is 2.18. The topological polar surface area (TPSA) is 46.5 Å². The van der Waals surface area contributed by atoms with E-state index in [9.17, 15) is 8.42 Å². The Morgan fingerprint density at radius 3 is 2.29 bits per heavy atom. The molecule has 1 rings (SSSR count). The molecule has 0 aliphatic rings. The van der Waals surface area contributed by atoms with Crippen molar-refractivity contribution in [3.05, 3.63) is 24.3 Å². The molecule has 0 bridgehead atoms. The number of sulfone groups is 1. The van der Waals surface area contributed by atoms with Crippen molar-refractivity contribution in [1.82, 2.24) is 0 Å². The highest BCUT2D eigenvalue weighted by Gasteiger charge is 2.11. The standard InChI is InChI=1S/C10H13NO2S/c1-3-8-14(12,13)10-6-4-9(11-2)5-7-10/h4-7H,2-3,8H2,1H3. The Morgan fingerprint density at radius 1 is 1.29 bits per heavy atom. The second-order valence-electron chi connectivity index (χ2n) is 2.97. The molecule has 0 atom stereocenters. The summed E-state index contributed by atoms with van der Waals surface area (Å²) in [6.07, 6.45) is 0.629. The molecule has 0 fully saturated rings. The van der Waals surface area contributed by atoms with E-state index in [4.69, 9.17) is 0 Å². The maximum absolute atomic E-state index is 11.6. The van der Waals surface area contributed by atoms with Crippen molar-refractivity contribution in [2.45, 2.75) is 18.2 Å². The SMILES string of the molecule is C=Nc1ccc(S(=O)(=O)CCC)cc1. The summed E-state index contributed by atoms with van der Waals surface area (Å²) in [4.78, 5) is 4.05. The first kappa shape index (κ1) is 10.9. The summed E-state index contributed by atoms with van der Waals surface area (Å²) >= 11 is 0. The van der Waals surface area contributed by atoms with E-state index in [1.165, 1.54) is 0 Å². The highest BCUT2D eigenvalue weighted by molar-refractivity contribution is 7.91. The van der Waals surface area contributed by atoms with Crippen LogP contribution in [-0.2, 0) is 9.84 Å². The van der Waals surface area contributed by atoms with Crippen molar-refractivity contribution in [2.24, 2.45) is 4.99 Å². The van der Waals surface area contributed by atoms with Gasteiger partial charge in [0.1, 0.15) is 0 Å². The van der Waals surface area contributed by atoms with Crippen molar-refractivity contribution in [3.8, 4) is 0 Å². The lowest BCUT2D eigenvalue weighted by molar-refractivity contribution is 0.595. The summed E-state index contributed by atoms with van der Waals surface area (Å²) in [6.45, 7) is 5.20. The van der Waals surface area contributed by atoms with Crippen LogP contribution in [0.1, 0.15) is 13.3 Å². The zero-order valence-corrected chi connectivity index (χ0v) is 8.92. The molecule has 0 saturated carbocycles. The summed E-state index contributed by atoms with van der Waals surface area (Å²) in [5.41, 5.74) is 0.681. The van der Waals surface area contributed by atoms with Crippen molar-refractivity contribution >= 4 is 22.2 Å². The Balaban J connectivity index is 3.03. The van der Waals surface area contributed by atoms with Crippen molar-refractivity contribution in [3.63, 3.8) is 0 Å². The van der Waals surface area contributed by atoms with E-state index in [0.29, 0.717) is 17.0 Å². The van der Waals surface area contributed by atoms with Crippen LogP contribution in [0.4, 0.5) is 5.69 Å². The van der Waals surface area contributed by atoms with Gasteiger partial charge in [0.25, 0.3) is 0 Å². The van der Waals surface area contributed by atoms with Crippen LogP contribution in [0.2, 0.25) is 0 Å². The minimum absolute atomic E-state index is 0.188. The molecule has 0 saturated heterocycles. The molecule has 4 heteroatoms. The van der Waals surface area contributed by atoms with Gasteiger partial charge in [-0.25, -0.2) is 8.42 Å². The van der Waals surface area contributed by atoms with E-state index in [2.05, 4.69) is 11.7 Å². The first-order chi connectivity index (χ1) is 6.60. The van der Waals surface area contributed by atoms with Crippen molar-refractivity contribution < 1.29 is 8.42 Å². The minimum Gasteiger partial charge on any atom is -0.265 e. The largest absolute Gasteiger partial charge is 0.265 e. The molecule has 1 aromatic rings. The quantitative estimate of drug-likeness (QED) is 0.717. The molecule has 0 radical (unpaired) electrons. The lowest BCUT2D eigenvalue weighted by Gasteiger charge is -2.02. The third-order valence-electron chi connectivity index (χ3n) is 1.85. The van der Waals surface area contributed by atoms with E-state index in [-0.39, 0.29) is 5.75 Å². The molecule has 1 aromatic carbocycles. The van der Waals surface area contributed by atoms with Gasteiger partial charge in [-0.15, -0.1) is 0 Å². The minimum atomic E-state index is -3.10. The van der Waals surface area contributed by atoms with E-state index in [1.54, 1.807) is 24.3 Å². The summed E-state index contributed by atoms with van der Waals surface area (Å²) < 4.78 is 23.2. The number of hydrogen-bond acceptors (Lipinski definition) is 3. The van der Waals surface area contributed by atoms with Crippen LogP contribution in [0.3, 0.4) is 0 Å². The van der Waals surface area contributed by atoms with Gasteiger partial charge in [-0.3, -0.25) is 4.99 Å². The lowest BCUT2D eigenvalue weighted by Crippen LogP contribution is -2.05. The summed E-state index contributed by atoms with van der Waals surface area (Å²) in [7, 11) is -3.10. The van der Waals surface area contributed by atoms with Gasteiger partial charge in [0.2, 0.25) is 0 Å². The number of rotatable bonds is 4. The first-order valence-corrected chi connectivity index (χ1v) is 6.05. The Bertz CT molecular complexity index is 406. The fourth-order valence-corrected chi connectivity index (χ4v) is 2.47. The third kappa shape index (κ3) is 2.42. The van der Waals surface area contributed by atoms with Gasteiger partial charge in [-0.2, -0.15) is 0 Å². The normalized spacial score (nSPS) is 11.2. The maximum Gasteiger partial charge on any atom is 0.178 e. The highest BCUT2D eigenvalue weighted by Crippen LogP contribution is 2.17. The summed E-state index contributed by atoms with van der Waals surface area (Å²) in [6, 6.07) is 6.43. The van der Waals surface area contributed by atoms with Gasteiger partial charge < -0.3 is 0 Å². The van der Waals surface area contributed by atoms with Gasteiger partial charge in [-0.05, 0) is 37.4 Å². The zero-order chi connectivity index (χ0) is 10.6. The molecule has 3 nitrogen and oxygen atoms in total. The predicted molar refractivity (Wildman–Crippen MR) is 58.0 cm³/mol. The predicted octanol–water partition coefficient (Wildman–Crippen LogP) is 2.20. The van der Waals surface area contributed by atoms with Gasteiger partial charge in [0, 0.05) is 0 Å². The average molecular weight is 211 g/mol. The number of nitrogens with zero attached hydrogens (tertiary/aromatic N) is 1. The molecule has 0 aromatic heterocycles. The molecule has 14 heavy (non-hydrogen) atoms. The fourth-order valence-electron chi connectivity index (χ4n) is 1.15. The van der Waals surface area contributed by atoms with Gasteiger partial charge >= 0.3 is 0 Å². The van der Waals surface area contributed by atoms with Crippen LogP contribution in [0.5, 0.6) is 0 Å². The van der Waals surface area contributed by atoms with E-state index in [0.717, 1.165) is 0 Å². The Morgan fingerprint density at radius 2 is 1.86 bits per heavy atom. The monoisotopic (exact) mass is 211 g/mol. The fraction of sp³-hybridized carbons (Fsp3) is 0.300. The lowest BCUT2D eigenvalue weighted by atomic mass is 10.3. The van der Waals surface area contributed by atoms with Crippen LogP contribution >= 0.6 is 0 Å². The van der Waals surface area contributed by atoms with Crippen LogP contribution in [0.15, 0.2) is 34.2 Å². The molecule has 0 heterocycles. The molecule has 76 valence electrons. The van der Waals surface area contributed by atoms with Gasteiger partial charge in [0.05, 0.1) is 16.3 Å². The van der Waals surface area contributed by atoms with Crippen LogP contribution < -0.4 is 0 Å². The summed E-state index contributed by atoms with van der Waals surface area (Å²) in [5.74, 6) is 0.188. The smallest absolute Gasteiger partial charge is 0.178 e. The van der Waals surface area contributed by atoms with Gasteiger partial charge in [-0.1, -0.05) is 6.92 Å². The van der Waals surface area contributed by atoms with Crippen molar-refractivity contribution in [2.75, 3.05) is 5.75 Å². The first-order valence-electron chi connectivity index (χ1n) is 4.39. The second kappa shape index (κ2) is 4.37.